The number of ether oxygens (including phenoxy) is 1. The van der Waals surface area contributed by atoms with Gasteiger partial charge in [0.15, 0.2) is 0 Å². The molecule has 2 aromatic rings. The molecule has 1 aromatic heterocycles. The molecule has 0 aliphatic carbocycles. The number of rotatable bonds is 3. The Bertz CT molecular complexity index is 586. The predicted octanol–water partition coefficient (Wildman–Crippen LogP) is 3.37. The highest BCUT2D eigenvalue weighted by Gasteiger charge is 2.13. The van der Waals surface area contributed by atoms with Crippen LogP contribution < -0.4 is 4.74 Å². The van der Waals surface area contributed by atoms with Gasteiger partial charge in [0.1, 0.15) is 5.75 Å². The molecule has 20 heavy (non-hydrogen) atoms. The minimum atomic E-state index is -0.0631. The standard InChI is InChI=1S/C16H20N2O2/c1-11-12(10-19)9-17-15(18-11)20-14-7-5-13(6-8-14)16(2,3)4/h5-9,19H,10H2,1-4H3. The summed E-state index contributed by atoms with van der Waals surface area (Å²) in [4.78, 5) is 8.30. The van der Waals surface area contributed by atoms with Gasteiger partial charge in [0, 0.05) is 11.8 Å². The molecule has 0 amide bonds. The van der Waals surface area contributed by atoms with Gasteiger partial charge in [0.25, 0.3) is 0 Å². The zero-order chi connectivity index (χ0) is 14.8. The zero-order valence-corrected chi connectivity index (χ0v) is 12.3. The van der Waals surface area contributed by atoms with Crippen LogP contribution >= 0.6 is 0 Å². The topological polar surface area (TPSA) is 55.2 Å². The summed E-state index contributed by atoms with van der Waals surface area (Å²) in [6.07, 6.45) is 1.58. The molecule has 0 saturated carbocycles. The Morgan fingerprint density at radius 2 is 1.80 bits per heavy atom. The molecule has 4 nitrogen and oxygen atoms in total. The Morgan fingerprint density at radius 3 is 2.30 bits per heavy atom. The van der Waals surface area contributed by atoms with Crippen LogP contribution in [0.25, 0.3) is 0 Å². The first-order valence-corrected chi connectivity index (χ1v) is 6.62. The molecular formula is C16H20N2O2. The molecule has 0 radical (unpaired) electrons. The highest BCUT2D eigenvalue weighted by atomic mass is 16.5. The summed E-state index contributed by atoms with van der Waals surface area (Å²) in [5, 5.41) is 9.08. The van der Waals surface area contributed by atoms with E-state index in [9.17, 15) is 0 Å². The van der Waals surface area contributed by atoms with Crippen molar-refractivity contribution in [3.8, 4) is 11.8 Å². The monoisotopic (exact) mass is 272 g/mol. The van der Waals surface area contributed by atoms with E-state index in [-0.39, 0.29) is 12.0 Å². The average Bonchev–Trinajstić information content (AvgIpc) is 2.38. The summed E-state index contributed by atoms with van der Waals surface area (Å²) in [6.45, 7) is 8.27. The Labute approximate surface area is 119 Å². The number of aryl methyl sites for hydroxylation is 1. The van der Waals surface area contributed by atoms with Crippen LogP contribution in [0, 0.1) is 6.92 Å². The molecule has 4 heteroatoms. The van der Waals surface area contributed by atoms with E-state index < -0.39 is 0 Å². The molecule has 0 saturated heterocycles. The van der Waals surface area contributed by atoms with Crippen molar-refractivity contribution < 1.29 is 9.84 Å². The van der Waals surface area contributed by atoms with Gasteiger partial charge in [0.2, 0.25) is 0 Å². The van der Waals surface area contributed by atoms with Crippen molar-refractivity contribution in [1.29, 1.82) is 0 Å². The third kappa shape index (κ3) is 3.33. The molecular weight excluding hydrogens is 252 g/mol. The van der Waals surface area contributed by atoms with Gasteiger partial charge in [0.05, 0.1) is 12.3 Å². The van der Waals surface area contributed by atoms with Crippen LogP contribution in [-0.4, -0.2) is 15.1 Å². The number of aliphatic hydroxyl groups is 1. The van der Waals surface area contributed by atoms with Crippen LogP contribution in [0.1, 0.15) is 37.6 Å². The maximum Gasteiger partial charge on any atom is 0.322 e. The number of aliphatic hydroxyl groups excluding tert-OH is 1. The second-order valence-corrected chi connectivity index (χ2v) is 5.80. The molecule has 0 atom stereocenters. The summed E-state index contributed by atoms with van der Waals surface area (Å²) < 4.78 is 5.62. The van der Waals surface area contributed by atoms with E-state index in [2.05, 4.69) is 30.7 Å². The van der Waals surface area contributed by atoms with Gasteiger partial charge in [-0.1, -0.05) is 32.9 Å². The SMILES string of the molecule is Cc1nc(Oc2ccc(C(C)(C)C)cc2)ncc1CO. The molecule has 1 N–H and O–H groups in total. The average molecular weight is 272 g/mol. The first kappa shape index (κ1) is 14.5. The summed E-state index contributed by atoms with van der Waals surface area (Å²) >= 11 is 0. The zero-order valence-electron chi connectivity index (χ0n) is 12.3. The Hall–Kier alpha value is -1.94. The van der Waals surface area contributed by atoms with Crippen LogP contribution in [-0.2, 0) is 12.0 Å². The highest BCUT2D eigenvalue weighted by Crippen LogP contribution is 2.25. The van der Waals surface area contributed by atoms with Crippen LogP contribution in [0.2, 0.25) is 0 Å². The summed E-state index contributed by atoms with van der Waals surface area (Å²) in [5.74, 6) is 0.703. The first-order valence-electron chi connectivity index (χ1n) is 6.62. The maximum atomic E-state index is 9.08. The minimum absolute atomic E-state index is 0.0631. The highest BCUT2D eigenvalue weighted by molar-refractivity contribution is 5.32. The third-order valence-corrected chi connectivity index (χ3v) is 3.16. The second kappa shape index (κ2) is 5.59. The van der Waals surface area contributed by atoms with Crippen molar-refractivity contribution in [2.45, 2.75) is 39.7 Å². The van der Waals surface area contributed by atoms with Crippen LogP contribution in [0.5, 0.6) is 11.8 Å². The summed E-state index contributed by atoms with van der Waals surface area (Å²) in [7, 11) is 0. The van der Waals surface area contributed by atoms with E-state index in [1.165, 1.54) is 5.56 Å². The van der Waals surface area contributed by atoms with Crippen molar-refractivity contribution in [2.24, 2.45) is 0 Å². The molecule has 106 valence electrons. The summed E-state index contributed by atoms with van der Waals surface area (Å²) in [5.41, 5.74) is 2.80. The lowest BCUT2D eigenvalue weighted by atomic mass is 9.87. The van der Waals surface area contributed by atoms with E-state index >= 15 is 0 Å². The second-order valence-electron chi connectivity index (χ2n) is 5.80. The summed E-state index contributed by atoms with van der Waals surface area (Å²) in [6, 6.07) is 8.22. The van der Waals surface area contributed by atoms with Crippen LogP contribution in [0.15, 0.2) is 30.5 Å². The quantitative estimate of drug-likeness (QED) is 0.930. The number of hydrogen-bond donors (Lipinski definition) is 1. The number of benzene rings is 1. The van der Waals surface area contributed by atoms with E-state index in [1.807, 2.05) is 31.2 Å². The lowest BCUT2D eigenvalue weighted by Gasteiger charge is -2.19. The normalized spacial score (nSPS) is 11.4. The van der Waals surface area contributed by atoms with E-state index in [0.29, 0.717) is 17.3 Å². The number of aromatic nitrogens is 2. The fourth-order valence-corrected chi connectivity index (χ4v) is 1.80. The van der Waals surface area contributed by atoms with Gasteiger partial charge in [-0.05, 0) is 30.0 Å². The van der Waals surface area contributed by atoms with E-state index in [1.54, 1.807) is 6.20 Å². The van der Waals surface area contributed by atoms with E-state index in [0.717, 1.165) is 5.69 Å². The molecule has 1 aromatic carbocycles. The number of hydrogen-bond acceptors (Lipinski definition) is 4. The van der Waals surface area contributed by atoms with Gasteiger partial charge in [-0.3, -0.25) is 0 Å². The minimum Gasteiger partial charge on any atom is -0.424 e. The van der Waals surface area contributed by atoms with Crippen molar-refractivity contribution in [3.63, 3.8) is 0 Å². The molecule has 0 aliphatic heterocycles. The van der Waals surface area contributed by atoms with Crippen molar-refractivity contribution >= 4 is 0 Å². The van der Waals surface area contributed by atoms with Crippen molar-refractivity contribution in [3.05, 3.63) is 47.3 Å². The van der Waals surface area contributed by atoms with Crippen molar-refractivity contribution in [2.75, 3.05) is 0 Å². The van der Waals surface area contributed by atoms with E-state index in [4.69, 9.17) is 9.84 Å². The number of nitrogens with zero attached hydrogens (tertiary/aromatic N) is 2. The third-order valence-electron chi connectivity index (χ3n) is 3.16. The molecule has 2 rings (SSSR count). The molecule has 0 unspecified atom stereocenters. The smallest absolute Gasteiger partial charge is 0.322 e. The van der Waals surface area contributed by atoms with Gasteiger partial charge in [-0.2, -0.15) is 4.98 Å². The fraction of sp³-hybridized carbons (Fsp3) is 0.375. The molecule has 1 heterocycles. The lowest BCUT2D eigenvalue weighted by Crippen LogP contribution is -2.10. The molecule has 0 spiro atoms. The van der Waals surface area contributed by atoms with Crippen LogP contribution in [0.3, 0.4) is 0 Å². The fourth-order valence-electron chi connectivity index (χ4n) is 1.80. The predicted molar refractivity (Wildman–Crippen MR) is 77.9 cm³/mol. The van der Waals surface area contributed by atoms with Crippen molar-refractivity contribution in [1.82, 2.24) is 9.97 Å². The van der Waals surface area contributed by atoms with Gasteiger partial charge in [-0.15, -0.1) is 0 Å². The molecule has 0 fully saturated rings. The maximum absolute atomic E-state index is 9.08. The Kier molecular flexibility index (Phi) is 4.04. The van der Waals surface area contributed by atoms with Gasteiger partial charge in [-0.25, -0.2) is 4.98 Å². The van der Waals surface area contributed by atoms with Gasteiger partial charge >= 0.3 is 6.01 Å². The Balaban J connectivity index is 2.16. The Morgan fingerprint density at radius 1 is 1.15 bits per heavy atom. The van der Waals surface area contributed by atoms with Gasteiger partial charge < -0.3 is 9.84 Å². The lowest BCUT2D eigenvalue weighted by molar-refractivity contribution is 0.279. The first-order chi connectivity index (χ1) is 9.40. The largest absolute Gasteiger partial charge is 0.424 e. The molecule has 0 aliphatic rings. The van der Waals surface area contributed by atoms with Crippen LogP contribution in [0.4, 0.5) is 0 Å². The molecule has 0 bridgehead atoms.